The number of hydrogen-bond donors (Lipinski definition) is 0. The van der Waals surface area contributed by atoms with Crippen molar-refractivity contribution < 1.29 is 14.3 Å². The topological polar surface area (TPSA) is 46.6 Å². The van der Waals surface area contributed by atoms with E-state index in [4.69, 9.17) is 4.74 Å². The van der Waals surface area contributed by atoms with Gasteiger partial charge < -0.3 is 9.64 Å². The van der Waals surface area contributed by atoms with E-state index in [2.05, 4.69) is 13.8 Å². The number of nitrogens with zero attached hydrogens (tertiary/aromatic N) is 1. The number of benzene rings is 1. The fraction of sp³-hybridized carbons (Fsp3) is 0.652. The summed E-state index contributed by atoms with van der Waals surface area (Å²) < 4.78 is 5.51. The number of amides is 1. The van der Waals surface area contributed by atoms with Gasteiger partial charge in [0.2, 0.25) is 0 Å². The van der Waals surface area contributed by atoms with E-state index in [1.807, 2.05) is 29.2 Å². The molecule has 1 heterocycles. The lowest BCUT2D eigenvalue weighted by Gasteiger charge is -2.35. The molecule has 0 aromatic heterocycles. The average molecular weight is 404 g/mol. The van der Waals surface area contributed by atoms with Crippen LogP contribution in [0.25, 0.3) is 0 Å². The summed E-state index contributed by atoms with van der Waals surface area (Å²) in [6.45, 7) is 4.63. The second-order valence-electron chi connectivity index (χ2n) is 7.92. The van der Waals surface area contributed by atoms with Crippen LogP contribution in [0.3, 0.4) is 0 Å². The molecule has 154 valence electrons. The molecule has 1 aliphatic heterocycles. The Hall–Kier alpha value is -1.49. The highest BCUT2D eigenvalue weighted by atomic mass is 32.2. The maximum atomic E-state index is 13.4. The Labute approximate surface area is 173 Å². The van der Waals surface area contributed by atoms with E-state index < -0.39 is 6.04 Å². The SMILES string of the molecule is CCCCOC(=O)[C@@H]1CS[C@H](C2CCCCC2)N1C(=O)c1ccc(CC)cc1. The van der Waals surface area contributed by atoms with Crippen molar-refractivity contribution in [1.29, 1.82) is 0 Å². The van der Waals surface area contributed by atoms with Crippen LogP contribution < -0.4 is 0 Å². The van der Waals surface area contributed by atoms with Crippen LogP contribution in [-0.4, -0.2) is 40.6 Å². The number of carbonyl (C=O) groups is 2. The maximum Gasteiger partial charge on any atom is 0.329 e. The zero-order valence-corrected chi connectivity index (χ0v) is 18.0. The van der Waals surface area contributed by atoms with Crippen molar-refractivity contribution in [1.82, 2.24) is 4.90 Å². The molecule has 1 amide bonds. The second kappa shape index (κ2) is 10.3. The third kappa shape index (κ3) is 4.91. The molecule has 1 saturated heterocycles. The lowest BCUT2D eigenvalue weighted by Crippen LogP contribution is -2.48. The average Bonchev–Trinajstić information content (AvgIpc) is 3.19. The van der Waals surface area contributed by atoms with Crippen molar-refractivity contribution in [3.8, 4) is 0 Å². The van der Waals surface area contributed by atoms with E-state index in [1.54, 1.807) is 11.8 Å². The minimum Gasteiger partial charge on any atom is -0.464 e. The first-order chi connectivity index (χ1) is 13.7. The Balaban J connectivity index is 1.80. The van der Waals surface area contributed by atoms with Crippen LogP contribution in [0.2, 0.25) is 0 Å². The molecule has 1 aromatic carbocycles. The predicted molar refractivity (Wildman–Crippen MR) is 114 cm³/mol. The van der Waals surface area contributed by atoms with E-state index in [0.29, 0.717) is 23.8 Å². The van der Waals surface area contributed by atoms with Gasteiger partial charge in [0.25, 0.3) is 5.91 Å². The number of carbonyl (C=O) groups excluding carboxylic acids is 2. The molecule has 0 spiro atoms. The van der Waals surface area contributed by atoms with Gasteiger partial charge in [-0.05, 0) is 49.3 Å². The summed E-state index contributed by atoms with van der Waals surface area (Å²) in [5.74, 6) is 0.856. The third-order valence-corrected chi connectivity index (χ3v) is 7.41. The summed E-state index contributed by atoms with van der Waals surface area (Å²) in [4.78, 5) is 28.1. The van der Waals surface area contributed by atoms with Crippen LogP contribution in [0, 0.1) is 5.92 Å². The van der Waals surface area contributed by atoms with E-state index in [0.717, 1.165) is 32.1 Å². The molecule has 2 fully saturated rings. The van der Waals surface area contributed by atoms with E-state index in [9.17, 15) is 9.59 Å². The van der Waals surface area contributed by atoms with Gasteiger partial charge in [0.1, 0.15) is 6.04 Å². The Morgan fingerprint density at radius 2 is 1.82 bits per heavy atom. The van der Waals surface area contributed by atoms with Crippen LogP contribution in [0.1, 0.15) is 74.7 Å². The van der Waals surface area contributed by atoms with Gasteiger partial charge in [-0.1, -0.05) is 51.7 Å². The molecule has 0 bridgehead atoms. The zero-order chi connectivity index (χ0) is 19.9. The van der Waals surface area contributed by atoms with Gasteiger partial charge in [-0.3, -0.25) is 4.79 Å². The first-order valence-electron chi connectivity index (χ1n) is 10.9. The minimum atomic E-state index is -0.466. The molecule has 0 radical (unpaired) electrons. The number of unbranched alkanes of at least 4 members (excludes halogenated alkanes) is 1. The number of thioether (sulfide) groups is 1. The molecule has 1 aromatic rings. The van der Waals surface area contributed by atoms with Crippen LogP contribution in [0.5, 0.6) is 0 Å². The summed E-state index contributed by atoms with van der Waals surface area (Å²) >= 11 is 1.77. The van der Waals surface area contributed by atoms with Gasteiger partial charge >= 0.3 is 5.97 Å². The van der Waals surface area contributed by atoms with Gasteiger partial charge in [0.15, 0.2) is 0 Å². The number of hydrogen-bond acceptors (Lipinski definition) is 4. The monoisotopic (exact) mass is 403 g/mol. The van der Waals surface area contributed by atoms with Crippen molar-refractivity contribution in [3.63, 3.8) is 0 Å². The van der Waals surface area contributed by atoms with Gasteiger partial charge in [-0.25, -0.2) is 4.79 Å². The zero-order valence-electron chi connectivity index (χ0n) is 17.2. The Kier molecular flexibility index (Phi) is 7.83. The molecule has 4 nitrogen and oxygen atoms in total. The molecule has 1 saturated carbocycles. The molecule has 0 N–H and O–H groups in total. The fourth-order valence-electron chi connectivity index (χ4n) is 4.19. The molecular weight excluding hydrogens is 370 g/mol. The normalized spacial score (nSPS) is 23.0. The van der Waals surface area contributed by atoms with Crippen molar-refractivity contribution >= 4 is 23.6 Å². The Bertz CT molecular complexity index is 654. The molecule has 2 atom stereocenters. The lowest BCUT2D eigenvalue weighted by atomic mass is 9.88. The maximum absolute atomic E-state index is 13.4. The first-order valence-corrected chi connectivity index (χ1v) is 11.9. The highest BCUT2D eigenvalue weighted by Crippen LogP contribution is 2.41. The third-order valence-electron chi connectivity index (χ3n) is 5.95. The fourth-order valence-corrected chi connectivity index (χ4v) is 5.82. The standard InChI is InChI=1S/C23H33NO3S/c1-3-5-15-27-23(26)20-16-28-22(19-9-7-6-8-10-19)24(20)21(25)18-13-11-17(4-2)12-14-18/h11-14,19-20,22H,3-10,15-16H2,1-2H3/t20-,22+/m0/s1. The first kappa shape index (κ1) is 21.2. The van der Waals surface area contributed by atoms with Crippen molar-refractivity contribution in [2.45, 2.75) is 76.6 Å². The lowest BCUT2D eigenvalue weighted by molar-refractivity contribution is -0.148. The number of ether oxygens (including phenoxy) is 1. The van der Waals surface area contributed by atoms with Crippen LogP contribution in [0.15, 0.2) is 24.3 Å². The summed E-state index contributed by atoms with van der Waals surface area (Å²) in [6, 6.07) is 7.37. The Morgan fingerprint density at radius 3 is 2.46 bits per heavy atom. The van der Waals surface area contributed by atoms with E-state index >= 15 is 0 Å². The van der Waals surface area contributed by atoms with Crippen LogP contribution >= 0.6 is 11.8 Å². The van der Waals surface area contributed by atoms with Gasteiger partial charge in [-0.2, -0.15) is 0 Å². The highest BCUT2D eigenvalue weighted by molar-refractivity contribution is 8.00. The van der Waals surface area contributed by atoms with Gasteiger partial charge in [0.05, 0.1) is 12.0 Å². The van der Waals surface area contributed by atoms with E-state index in [1.165, 1.54) is 24.8 Å². The molecular formula is C23H33NO3S. The summed E-state index contributed by atoms with van der Waals surface area (Å²) in [5.41, 5.74) is 1.89. The highest BCUT2D eigenvalue weighted by Gasteiger charge is 2.45. The smallest absolute Gasteiger partial charge is 0.329 e. The molecule has 2 aliphatic rings. The largest absolute Gasteiger partial charge is 0.464 e. The van der Waals surface area contributed by atoms with E-state index in [-0.39, 0.29) is 17.3 Å². The molecule has 5 heteroatoms. The van der Waals surface area contributed by atoms with Gasteiger partial charge in [0, 0.05) is 11.3 Å². The number of esters is 1. The molecule has 1 aliphatic carbocycles. The summed E-state index contributed by atoms with van der Waals surface area (Å²) in [7, 11) is 0. The molecule has 3 rings (SSSR count). The quantitative estimate of drug-likeness (QED) is 0.472. The molecule has 28 heavy (non-hydrogen) atoms. The molecule has 0 unspecified atom stereocenters. The predicted octanol–water partition coefficient (Wildman–Crippen LogP) is 5.06. The Morgan fingerprint density at radius 1 is 1.11 bits per heavy atom. The van der Waals surface area contributed by atoms with Crippen molar-refractivity contribution in [2.75, 3.05) is 12.4 Å². The van der Waals surface area contributed by atoms with Crippen LogP contribution in [-0.2, 0) is 16.0 Å². The van der Waals surface area contributed by atoms with Crippen molar-refractivity contribution in [3.05, 3.63) is 35.4 Å². The van der Waals surface area contributed by atoms with Gasteiger partial charge in [-0.15, -0.1) is 11.8 Å². The minimum absolute atomic E-state index is 0.0272. The number of aryl methyl sites for hydroxylation is 1. The number of rotatable bonds is 7. The summed E-state index contributed by atoms with van der Waals surface area (Å²) in [6.07, 6.45) is 8.82. The van der Waals surface area contributed by atoms with Crippen LogP contribution in [0.4, 0.5) is 0 Å². The van der Waals surface area contributed by atoms with Crippen molar-refractivity contribution in [2.24, 2.45) is 5.92 Å². The second-order valence-corrected chi connectivity index (χ2v) is 9.07. The summed E-state index contributed by atoms with van der Waals surface area (Å²) in [5, 5.41) is 0.0855.